The fourth-order valence-electron chi connectivity index (χ4n) is 1.81. The Hall–Kier alpha value is -1.12. The molecule has 0 aromatic heterocycles. The van der Waals surface area contributed by atoms with E-state index in [1.165, 1.54) is 0 Å². The van der Waals surface area contributed by atoms with Gasteiger partial charge in [0.25, 0.3) is 0 Å². The number of hydrogen-bond donors (Lipinski definition) is 2. The largest absolute Gasteiger partial charge is 0.329 e. The van der Waals surface area contributed by atoms with E-state index in [-0.39, 0.29) is 18.5 Å². The second-order valence-electron chi connectivity index (χ2n) is 4.50. The highest BCUT2D eigenvalue weighted by Gasteiger charge is 2.34. The van der Waals surface area contributed by atoms with Crippen LogP contribution in [-0.4, -0.2) is 21.0 Å². The van der Waals surface area contributed by atoms with Crippen LogP contribution >= 0.6 is 0 Å². The summed E-state index contributed by atoms with van der Waals surface area (Å²) in [6, 6.07) is 0.0175. The van der Waals surface area contributed by atoms with Gasteiger partial charge in [0.15, 0.2) is 11.6 Å². The molecule has 2 rings (SSSR count). The summed E-state index contributed by atoms with van der Waals surface area (Å²) in [4.78, 5) is -0.912. The van der Waals surface area contributed by atoms with Gasteiger partial charge in [0.1, 0.15) is 10.7 Å². The lowest BCUT2D eigenvalue weighted by Crippen LogP contribution is -2.42. The predicted molar refractivity (Wildman–Crippen MR) is 62.2 cm³/mol. The lowest BCUT2D eigenvalue weighted by molar-refractivity contribution is 0.477. The minimum absolute atomic E-state index is 0.0647. The molecule has 1 aliphatic carbocycles. The second-order valence-corrected chi connectivity index (χ2v) is 6.18. The topological polar surface area (TPSA) is 72.2 Å². The second kappa shape index (κ2) is 5.10. The zero-order valence-corrected chi connectivity index (χ0v) is 10.7. The van der Waals surface area contributed by atoms with Crippen molar-refractivity contribution in [1.29, 1.82) is 0 Å². The molecule has 4 nitrogen and oxygen atoms in total. The molecule has 0 unspecified atom stereocenters. The zero-order chi connectivity index (χ0) is 14.2. The van der Waals surface area contributed by atoms with E-state index in [2.05, 4.69) is 4.72 Å². The molecule has 1 aliphatic rings. The summed E-state index contributed by atoms with van der Waals surface area (Å²) < 4.78 is 65.3. The standard InChI is InChI=1S/C11H13F3N2O2S/c12-7-3-9(14)11(4-8(7)13)19(17,18)16-10(5-15)6-1-2-6/h3-4,6,10,16H,1-2,5,15H2/t10-/m0/s1. The van der Waals surface area contributed by atoms with Crippen LogP contribution in [0.4, 0.5) is 13.2 Å². The Balaban J connectivity index is 2.31. The van der Waals surface area contributed by atoms with Gasteiger partial charge in [-0.25, -0.2) is 26.3 Å². The molecule has 0 aliphatic heterocycles. The first kappa shape index (κ1) is 14.3. The van der Waals surface area contributed by atoms with Gasteiger partial charge in [-0.2, -0.15) is 0 Å². The minimum atomic E-state index is -4.26. The van der Waals surface area contributed by atoms with Crippen LogP contribution in [0.15, 0.2) is 17.0 Å². The molecule has 1 aromatic rings. The third kappa shape index (κ3) is 3.07. The maximum absolute atomic E-state index is 13.4. The first-order valence-electron chi connectivity index (χ1n) is 5.72. The number of halogens is 3. The summed E-state index contributed by atoms with van der Waals surface area (Å²) in [5.41, 5.74) is 5.44. The van der Waals surface area contributed by atoms with Crippen LogP contribution in [0.25, 0.3) is 0 Å². The molecule has 0 saturated heterocycles. The van der Waals surface area contributed by atoms with Crippen molar-refractivity contribution in [2.45, 2.75) is 23.8 Å². The van der Waals surface area contributed by atoms with Gasteiger partial charge in [0.2, 0.25) is 10.0 Å². The predicted octanol–water partition coefficient (Wildman–Crippen LogP) is 1.12. The van der Waals surface area contributed by atoms with Crippen molar-refractivity contribution in [1.82, 2.24) is 4.72 Å². The first-order chi connectivity index (χ1) is 8.85. The third-order valence-corrected chi connectivity index (χ3v) is 4.52. The van der Waals surface area contributed by atoms with Crippen LogP contribution in [0, 0.1) is 23.4 Å². The van der Waals surface area contributed by atoms with E-state index in [4.69, 9.17) is 5.73 Å². The van der Waals surface area contributed by atoms with Crippen molar-refractivity contribution >= 4 is 10.0 Å². The number of nitrogens with one attached hydrogen (secondary N) is 1. The van der Waals surface area contributed by atoms with E-state index in [9.17, 15) is 21.6 Å². The number of benzene rings is 1. The minimum Gasteiger partial charge on any atom is -0.329 e. The summed E-state index contributed by atoms with van der Waals surface area (Å²) in [5.74, 6) is -4.07. The Kier molecular flexibility index (Phi) is 3.84. The Labute approximate surface area is 108 Å². The van der Waals surface area contributed by atoms with Gasteiger partial charge in [0.05, 0.1) is 0 Å². The highest BCUT2D eigenvalue weighted by atomic mass is 32.2. The molecule has 0 bridgehead atoms. The van der Waals surface area contributed by atoms with E-state index in [1.807, 2.05) is 0 Å². The van der Waals surface area contributed by atoms with Gasteiger partial charge >= 0.3 is 0 Å². The molecule has 1 fully saturated rings. The van der Waals surface area contributed by atoms with Crippen LogP contribution < -0.4 is 10.5 Å². The number of hydrogen-bond acceptors (Lipinski definition) is 3. The Morgan fingerprint density at radius 2 is 1.79 bits per heavy atom. The molecular weight excluding hydrogens is 281 g/mol. The van der Waals surface area contributed by atoms with Crippen molar-refractivity contribution in [3.05, 3.63) is 29.6 Å². The van der Waals surface area contributed by atoms with Crippen molar-refractivity contribution in [3.8, 4) is 0 Å². The van der Waals surface area contributed by atoms with Gasteiger partial charge in [-0.05, 0) is 24.8 Å². The van der Waals surface area contributed by atoms with Gasteiger partial charge in [-0.3, -0.25) is 0 Å². The quantitative estimate of drug-likeness (QED) is 0.799. The van der Waals surface area contributed by atoms with Crippen LogP contribution in [0.1, 0.15) is 12.8 Å². The lowest BCUT2D eigenvalue weighted by atomic mass is 10.2. The highest BCUT2D eigenvalue weighted by molar-refractivity contribution is 7.89. The molecule has 0 amide bonds. The molecule has 19 heavy (non-hydrogen) atoms. The lowest BCUT2D eigenvalue weighted by Gasteiger charge is -2.16. The van der Waals surface area contributed by atoms with Crippen LogP contribution in [0.2, 0.25) is 0 Å². The average molecular weight is 294 g/mol. The van der Waals surface area contributed by atoms with Crippen molar-refractivity contribution in [3.63, 3.8) is 0 Å². The van der Waals surface area contributed by atoms with Gasteiger partial charge in [-0.1, -0.05) is 0 Å². The van der Waals surface area contributed by atoms with Crippen LogP contribution in [0.5, 0.6) is 0 Å². The summed E-state index contributed by atoms with van der Waals surface area (Å²) in [6.45, 7) is 0.0647. The zero-order valence-electron chi connectivity index (χ0n) is 9.87. The van der Waals surface area contributed by atoms with Gasteiger partial charge in [-0.15, -0.1) is 0 Å². The Morgan fingerprint density at radius 1 is 1.21 bits per heavy atom. The highest BCUT2D eigenvalue weighted by Crippen LogP contribution is 2.33. The molecule has 0 heterocycles. The molecule has 1 atom stereocenters. The van der Waals surface area contributed by atoms with Crippen LogP contribution in [0.3, 0.4) is 0 Å². The smallest absolute Gasteiger partial charge is 0.243 e. The fourth-order valence-corrected chi connectivity index (χ4v) is 3.20. The Bertz CT molecular complexity index is 588. The summed E-state index contributed by atoms with van der Waals surface area (Å²) >= 11 is 0. The van der Waals surface area contributed by atoms with E-state index >= 15 is 0 Å². The number of nitrogens with two attached hydrogens (primary N) is 1. The molecule has 106 valence electrons. The number of sulfonamides is 1. The van der Waals surface area contributed by atoms with E-state index in [0.29, 0.717) is 6.07 Å². The summed E-state index contributed by atoms with van der Waals surface area (Å²) in [5, 5.41) is 0. The first-order valence-corrected chi connectivity index (χ1v) is 7.20. The fraction of sp³-hybridized carbons (Fsp3) is 0.455. The molecule has 8 heteroatoms. The molecule has 0 radical (unpaired) electrons. The SMILES string of the molecule is NC[C@H](NS(=O)(=O)c1cc(F)c(F)cc1F)C1CC1. The van der Waals surface area contributed by atoms with Gasteiger partial charge in [0, 0.05) is 18.7 Å². The van der Waals surface area contributed by atoms with Gasteiger partial charge < -0.3 is 5.73 Å². The monoisotopic (exact) mass is 294 g/mol. The maximum atomic E-state index is 13.4. The molecule has 1 aromatic carbocycles. The van der Waals surface area contributed by atoms with E-state index in [0.717, 1.165) is 12.8 Å². The molecule has 3 N–H and O–H groups in total. The molecule has 0 spiro atoms. The third-order valence-electron chi connectivity index (χ3n) is 3.02. The van der Waals surface area contributed by atoms with E-state index < -0.39 is 38.4 Å². The van der Waals surface area contributed by atoms with Crippen molar-refractivity contribution in [2.24, 2.45) is 11.7 Å². The van der Waals surface area contributed by atoms with Crippen molar-refractivity contribution < 1.29 is 21.6 Å². The summed E-state index contributed by atoms with van der Waals surface area (Å²) in [7, 11) is -4.26. The summed E-state index contributed by atoms with van der Waals surface area (Å²) in [6.07, 6.45) is 1.68. The maximum Gasteiger partial charge on any atom is 0.243 e. The number of rotatable bonds is 5. The van der Waals surface area contributed by atoms with E-state index in [1.54, 1.807) is 0 Å². The van der Waals surface area contributed by atoms with Crippen LogP contribution in [-0.2, 0) is 10.0 Å². The molecular formula is C11H13F3N2O2S. The molecule has 1 saturated carbocycles. The Morgan fingerprint density at radius 3 is 2.32 bits per heavy atom. The normalized spacial score (nSPS) is 17.5. The van der Waals surface area contributed by atoms with Crippen molar-refractivity contribution in [2.75, 3.05) is 6.54 Å². The average Bonchev–Trinajstić information content (AvgIpc) is 3.14.